The molecule has 2 aliphatic heterocycles. The lowest BCUT2D eigenvalue weighted by Crippen LogP contribution is -2.56. The van der Waals surface area contributed by atoms with Crippen molar-refractivity contribution in [2.24, 2.45) is 0 Å². The summed E-state index contributed by atoms with van der Waals surface area (Å²) in [5, 5.41) is 8.90. The van der Waals surface area contributed by atoms with Crippen molar-refractivity contribution in [2.45, 2.75) is 31.8 Å². The SMILES string of the molecule is O=C(O)Cn1cccc1C(=O)N1CCN2CCCCC2C1. The number of aliphatic carboxylic acids is 1. The molecule has 0 radical (unpaired) electrons. The molecule has 2 aliphatic rings. The number of carbonyl (C=O) groups excluding carboxylic acids is 1. The Morgan fingerprint density at radius 1 is 1.24 bits per heavy atom. The highest BCUT2D eigenvalue weighted by atomic mass is 16.4. The number of carbonyl (C=O) groups is 2. The van der Waals surface area contributed by atoms with Crippen molar-refractivity contribution in [3.8, 4) is 0 Å². The second-order valence-electron chi connectivity index (χ2n) is 5.85. The Balaban J connectivity index is 1.70. The molecule has 6 nitrogen and oxygen atoms in total. The van der Waals surface area contributed by atoms with Crippen LogP contribution in [-0.2, 0) is 11.3 Å². The Hall–Kier alpha value is -1.82. The van der Waals surface area contributed by atoms with Crippen molar-refractivity contribution >= 4 is 11.9 Å². The number of carboxylic acids is 1. The molecule has 0 spiro atoms. The van der Waals surface area contributed by atoms with Gasteiger partial charge in [-0.3, -0.25) is 14.5 Å². The fraction of sp³-hybridized carbons (Fsp3) is 0.600. The molecule has 1 amide bonds. The molecular weight excluding hydrogens is 270 g/mol. The minimum atomic E-state index is -0.933. The monoisotopic (exact) mass is 291 g/mol. The normalized spacial score (nSPS) is 22.9. The van der Waals surface area contributed by atoms with E-state index in [1.54, 1.807) is 18.3 Å². The molecule has 1 aromatic rings. The highest BCUT2D eigenvalue weighted by Gasteiger charge is 2.32. The summed E-state index contributed by atoms with van der Waals surface area (Å²) in [4.78, 5) is 27.8. The zero-order chi connectivity index (χ0) is 14.8. The first-order chi connectivity index (χ1) is 10.1. The van der Waals surface area contributed by atoms with E-state index in [1.165, 1.54) is 17.4 Å². The van der Waals surface area contributed by atoms with Crippen LogP contribution in [0.4, 0.5) is 0 Å². The summed E-state index contributed by atoms with van der Waals surface area (Å²) in [5.41, 5.74) is 0.474. The van der Waals surface area contributed by atoms with Gasteiger partial charge in [0.05, 0.1) is 0 Å². The second-order valence-corrected chi connectivity index (χ2v) is 5.85. The molecule has 1 atom stereocenters. The average molecular weight is 291 g/mol. The number of piperidine rings is 1. The molecule has 1 N–H and O–H groups in total. The van der Waals surface area contributed by atoms with Gasteiger partial charge in [0.2, 0.25) is 0 Å². The topological polar surface area (TPSA) is 65.8 Å². The first-order valence-corrected chi connectivity index (χ1v) is 7.55. The van der Waals surface area contributed by atoms with Crippen LogP contribution in [0.25, 0.3) is 0 Å². The Labute approximate surface area is 123 Å². The molecule has 2 fully saturated rings. The van der Waals surface area contributed by atoms with Gasteiger partial charge in [0.15, 0.2) is 0 Å². The summed E-state index contributed by atoms with van der Waals surface area (Å²) >= 11 is 0. The standard InChI is InChI=1S/C15H21N3O3/c19-14(20)11-17-7-3-5-13(17)15(21)18-9-8-16-6-2-1-4-12(16)10-18/h3,5,7,12H,1-2,4,6,8-11H2,(H,19,20). The Morgan fingerprint density at radius 2 is 2.10 bits per heavy atom. The zero-order valence-corrected chi connectivity index (χ0v) is 12.1. The van der Waals surface area contributed by atoms with Gasteiger partial charge < -0.3 is 14.6 Å². The number of carboxylic acid groups (broad SMARTS) is 1. The summed E-state index contributed by atoms with van der Waals surface area (Å²) in [5.74, 6) is -0.983. The third-order valence-electron chi connectivity index (χ3n) is 4.48. The summed E-state index contributed by atoms with van der Waals surface area (Å²) in [6.45, 7) is 3.39. The second kappa shape index (κ2) is 5.89. The van der Waals surface area contributed by atoms with Gasteiger partial charge in [-0.1, -0.05) is 6.42 Å². The molecule has 2 saturated heterocycles. The number of amides is 1. The van der Waals surface area contributed by atoms with Gasteiger partial charge in [-0.25, -0.2) is 0 Å². The molecule has 3 rings (SSSR count). The Kier molecular flexibility index (Phi) is 3.96. The smallest absolute Gasteiger partial charge is 0.323 e. The van der Waals surface area contributed by atoms with Crippen LogP contribution >= 0.6 is 0 Å². The zero-order valence-electron chi connectivity index (χ0n) is 12.1. The highest BCUT2D eigenvalue weighted by molar-refractivity contribution is 5.93. The predicted octanol–water partition coefficient (Wildman–Crippen LogP) is 0.883. The van der Waals surface area contributed by atoms with Gasteiger partial charge in [-0.2, -0.15) is 0 Å². The number of rotatable bonds is 3. The Bertz CT molecular complexity index is 540. The number of hydrogen-bond donors (Lipinski definition) is 1. The maximum atomic E-state index is 12.6. The number of aromatic nitrogens is 1. The molecule has 3 heterocycles. The largest absolute Gasteiger partial charge is 0.480 e. The van der Waals surface area contributed by atoms with E-state index in [4.69, 9.17) is 5.11 Å². The molecule has 0 aromatic carbocycles. The average Bonchev–Trinajstić information content (AvgIpc) is 2.93. The van der Waals surface area contributed by atoms with Crippen LogP contribution in [0.1, 0.15) is 29.8 Å². The van der Waals surface area contributed by atoms with E-state index >= 15 is 0 Å². The molecule has 6 heteroatoms. The van der Waals surface area contributed by atoms with Gasteiger partial charge in [-0.05, 0) is 31.5 Å². The minimum Gasteiger partial charge on any atom is -0.480 e. The number of hydrogen-bond acceptors (Lipinski definition) is 3. The van der Waals surface area contributed by atoms with Gasteiger partial charge in [0.1, 0.15) is 12.2 Å². The summed E-state index contributed by atoms with van der Waals surface area (Å²) in [6, 6.07) is 3.91. The minimum absolute atomic E-state index is 0.0496. The first-order valence-electron chi connectivity index (χ1n) is 7.55. The van der Waals surface area contributed by atoms with E-state index in [2.05, 4.69) is 4.90 Å². The third-order valence-corrected chi connectivity index (χ3v) is 4.48. The summed E-state index contributed by atoms with van der Waals surface area (Å²) < 4.78 is 1.51. The first kappa shape index (κ1) is 14.1. The fourth-order valence-electron chi connectivity index (χ4n) is 3.39. The third kappa shape index (κ3) is 2.95. The number of fused-ring (bicyclic) bond motifs is 1. The lowest BCUT2D eigenvalue weighted by Gasteiger charge is -2.44. The van der Waals surface area contributed by atoms with Gasteiger partial charge >= 0.3 is 5.97 Å². The number of nitrogens with zero attached hydrogens (tertiary/aromatic N) is 3. The van der Waals surface area contributed by atoms with Crippen LogP contribution in [-0.4, -0.2) is 63.6 Å². The van der Waals surface area contributed by atoms with Gasteiger partial charge in [-0.15, -0.1) is 0 Å². The molecule has 114 valence electrons. The summed E-state index contributed by atoms with van der Waals surface area (Å²) in [7, 11) is 0. The Morgan fingerprint density at radius 3 is 2.90 bits per heavy atom. The van der Waals surface area contributed by atoms with Gasteiger partial charge in [0.25, 0.3) is 5.91 Å². The van der Waals surface area contributed by atoms with Crippen molar-refractivity contribution < 1.29 is 14.7 Å². The van der Waals surface area contributed by atoms with E-state index in [0.29, 0.717) is 11.7 Å². The van der Waals surface area contributed by atoms with E-state index in [-0.39, 0.29) is 12.5 Å². The van der Waals surface area contributed by atoms with E-state index < -0.39 is 5.97 Å². The molecule has 21 heavy (non-hydrogen) atoms. The van der Waals surface area contributed by atoms with E-state index in [9.17, 15) is 9.59 Å². The molecule has 0 bridgehead atoms. The van der Waals surface area contributed by atoms with Crippen molar-refractivity contribution in [1.82, 2.24) is 14.4 Å². The van der Waals surface area contributed by atoms with Crippen LogP contribution in [0.5, 0.6) is 0 Å². The van der Waals surface area contributed by atoms with Crippen molar-refractivity contribution in [3.05, 3.63) is 24.0 Å². The van der Waals surface area contributed by atoms with Crippen LogP contribution in [0.3, 0.4) is 0 Å². The lowest BCUT2D eigenvalue weighted by atomic mass is 9.99. The molecule has 0 aliphatic carbocycles. The quantitative estimate of drug-likeness (QED) is 0.898. The van der Waals surface area contributed by atoms with Crippen LogP contribution in [0.2, 0.25) is 0 Å². The van der Waals surface area contributed by atoms with E-state index in [0.717, 1.165) is 32.6 Å². The van der Waals surface area contributed by atoms with Crippen LogP contribution in [0, 0.1) is 0 Å². The van der Waals surface area contributed by atoms with Crippen LogP contribution < -0.4 is 0 Å². The van der Waals surface area contributed by atoms with Crippen molar-refractivity contribution in [2.75, 3.05) is 26.2 Å². The van der Waals surface area contributed by atoms with E-state index in [1.807, 2.05) is 4.90 Å². The van der Waals surface area contributed by atoms with Crippen molar-refractivity contribution in [1.29, 1.82) is 0 Å². The highest BCUT2D eigenvalue weighted by Crippen LogP contribution is 2.22. The molecule has 1 unspecified atom stereocenters. The maximum Gasteiger partial charge on any atom is 0.323 e. The molecule has 0 saturated carbocycles. The number of piperazine rings is 1. The fourth-order valence-corrected chi connectivity index (χ4v) is 3.39. The molecular formula is C15H21N3O3. The van der Waals surface area contributed by atoms with Crippen molar-refractivity contribution in [3.63, 3.8) is 0 Å². The van der Waals surface area contributed by atoms with Gasteiger partial charge in [0, 0.05) is 31.9 Å². The predicted molar refractivity (Wildman–Crippen MR) is 77.2 cm³/mol. The molecule has 1 aromatic heterocycles. The summed E-state index contributed by atoms with van der Waals surface area (Å²) in [6.07, 6.45) is 5.29. The lowest BCUT2D eigenvalue weighted by molar-refractivity contribution is -0.137. The maximum absolute atomic E-state index is 12.6. The van der Waals surface area contributed by atoms with Crippen LogP contribution in [0.15, 0.2) is 18.3 Å².